The number of hydrogen-bond acceptors (Lipinski definition) is 1. The molecular weight excluding hydrogens is 290 g/mol. The van der Waals surface area contributed by atoms with Crippen molar-refractivity contribution in [2.45, 2.75) is 86.0 Å². The van der Waals surface area contributed by atoms with E-state index in [9.17, 15) is 0 Å². The van der Waals surface area contributed by atoms with Crippen molar-refractivity contribution in [3.8, 4) is 0 Å². The lowest BCUT2D eigenvalue weighted by molar-refractivity contribution is -0.00317. The third kappa shape index (κ3) is 4.49. The Morgan fingerprint density at radius 1 is 0.727 bits per heavy atom. The summed E-state index contributed by atoms with van der Waals surface area (Å²) in [7, 11) is 0. The van der Waals surface area contributed by atoms with Crippen LogP contribution in [0.2, 0.25) is 0 Å². The highest BCUT2D eigenvalue weighted by Crippen LogP contribution is 2.52. The monoisotopic (exact) mass is 327 g/mol. The number of halogens is 1. The van der Waals surface area contributed by atoms with E-state index in [1.165, 1.54) is 51.4 Å². The zero-order chi connectivity index (χ0) is 16.7. The van der Waals surface area contributed by atoms with Crippen LogP contribution in [0.1, 0.15) is 86.0 Å². The first kappa shape index (κ1) is 20.0. The minimum atomic E-state index is 0.308. The fraction of sp³-hybridized carbons (Fsp3) is 0.950. The molecule has 0 amide bonds. The maximum absolute atomic E-state index is 8.21. The summed E-state index contributed by atoms with van der Waals surface area (Å²) in [4.78, 5) is 0. The van der Waals surface area contributed by atoms with Gasteiger partial charge in [0, 0.05) is 5.92 Å². The lowest BCUT2D eigenvalue weighted by Crippen LogP contribution is -2.47. The van der Waals surface area contributed by atoms with Gasteiger partial charge in [0.25, 0.3) is 0 Å². The molecule has 1 aliphatic carbocycles. The Morgan fingerprint density at radius 2 is 1.09 bits per heavy atom. The standard InChI is InChI=1S/C20H38ClN/c1-6-10-15-14(5)19(20(21)22)18(13-9-4)17(12-8-3)16(15)11-7-2/h14-19,22H,6-13H2,1-5H3. The molecule has 1 saturated carbocycles. The Morgan fingerprint density at radius 3 is 1.50 bits per heavy atom. The van der Waals surface area contributed by atoms with Gasteiger partial charge in [-0.15, -0.1) is 0 Å². The van der Waals surface area contributed by atoms with Crippen LogP contribution in [0.5, 0.6) is 0 Å². The fourth-order valence-corrected chi connectivity index (χ4v) is 5.79. The Balaban J connectivity index is 3.18. The van der Waals surface area contributed by atoms with E-state index in [0.717, 1.165) is 17.8 Å². The molecule has 0 radical (unpaired) electrons. The highest BCUT2D eigenvalue weighted by molar-refractivity contribution is 6.65. The summed E-state index contributed by atoms with van der Waals surface area (Å²) < 4.78 is 0. The van der Waals surface area contributed by atoms with E-state index >= 15 is 0 Å². The van der Waals surface area contributed by atoms with Crippen LogP contribution in [-0.2, 0) is 0 Å². The van der Waals surface area contributed by atoms with Crippen molar-refractivity contribution in [2.24, 2.45) is 35.5 Å². The molecule has 1 rings (SSSR count). The van der Waals surface area contributed by atoms with Crippen LogP contribution in [0.25, 0.3) is 0 Å². The summed E-state index contributed by atoms with van der Waals surface area (Å²) in [5, 5.41) is 8.64. The second-order valence-corrected chi connectivity index (χ2v) is 7.95. The van der Waals surface area contributed by atoms with Gasteiger partial charge in [-0.2, -0.15) is 0 Å². The lowest BCUT2D eigenvalue weighted by atomic mass is 9.54. The number of hydrogen-bond donors (Lipinski definition) is 1. The molecule has 2 heteroatoms. The molecule has 6 atom stereocenters. The minimum absolute atomic E-state index is 0.308. The summed E-state index contributed by atoms with van der Waals surface area (Å²) in [5.74, 6) is 3.91. The van der Waals surface area contributed by atoms with E-state index in [-0.39, 0.29) is 0 Å². The molecule has 0 aromatic carbocycles. The molecule has 1 aliphatic rings. The van der Waals surface area contributed by atoms with Crippen molar-refractivity contribution < 1.29 is 0 Å². The summed E-state index contributed by atoms with van der Waals surface area (Å²) in [5.41, 5.74) is 0. The van der Waals surface area contributed by atoms with Crippen LogP contribution in [0.4, 0.5) is 0 Å². The average molecular weight is 328 g/mol. The molecule has 0 aromatic heterocycles. The normalized spacial score (nSPS) is 35.5. The third-order valence-electron chi connectivity index (χ3n) is 6.13. The smallest absolute Gasteiger partial charge is 0.101 e. The van der Waals surface area contributed by atoms with E-state index in [1.54, 1.807) is 0 Å². The Labute approximate surface area is 144 Å². The van der Waals surface area contributed by atoms with E-state index < -0.39 is 0 Å². The summed E-state index contributed by atoms with van der Waals surface area (Å²) in [6.45, 7) is 11.6. The van der Waals surface area contributed by atoms with Gasteiger partial charge in [0.2, 0.25) is 0 Å². The molecule has 22 heavy (non-hydrogen) atoms. The van der Waals surface area contributed by atoms with Gasteiger partial charge in [0.15, 0.2) is 0 Å². The number of rotatable bonds is 9. The Hall–Kier alpha value is -0.0400. The minimum Gasteiger partial charge on any atom is -0.293 e. The predicted molar refractivity (Wildman–Crippen MR) is 99.8 cm³/mol. The van der Waals surface area contributed by atoms with Crippen LogP contribution >= 0.6 is 11.6 Å². The van der Waals surface area contributed by atoms with Crippen LogP contribution in [0.3, 0.4) is 0 Å². The van der Waals surface area contributed by atoms with Crippen molar-refractivity contribution in [2.75, 3.05) is 0 Å². The molecule has 130 valence electrons. The van der Waals surface area contributed by atoms with Gasteiger partial charge in [-0.3, -0.25) is 5.41 Å². The van der Waals surface area contributed by atoms with Crippen molar-refractivity contribution >= 4 is 16.8 Å². The molecule has 0 aromatic rings. The van der Waals surface area contributed by atoms with Crippen molar-refractivity contribution in [3.05, 3.63) is 0 Å². The largest absolute Gasteiger partial charge is 0.293 e. The van der Waals surface area contributed by atoms with Gasteiger partial charge in [0.05, 0.1) is 0 Å². The quantitative estimate of drug-likeness (QED) is 0.435. The van der Waals surface area contributed by atoms with Gasteiger partial charge in [0.1, 0.15) is 5.17 Å². The lowest BCUT2D eigenvalue weighted by Gasteiger charge is -2.51. The second-order valence-electron chi connectivity index (χ2n) is 7.54. The topological polar surface area (TPSA) is 23.9 Å². The molecular formula is C20H38ClN. The molecule has 1 N–H and O–H groups in total. The zero-order valence-corrected chi connectivity index (χ0v) is 16.3. The van der Waals surface area contributed by atoms with Gasteiger partial charge in [-0.05, 0) is 36.0 Å². The van der Waals surface area contributed by atoms with Crippen LogP contribution < -0.4 is 0 Å². The van der Waals surface area contributed by atoms with Crippen LogP contribution in [0.15, 0.2) is 0 Å². The van der Waals surface area contributed by atoms with E-state index in [4.69, 9.17) is 17.0 Å². The maximum Gasteiger partial charge on any atom is 0.101 e. The van der Waals surface area contributed by atoms with E-state index in [2.05, 4.69) is 34.6 Å². The Kier molecular flexibility index (Phi) is 9.05. The van der Waals surface area contributed by atoms with Crippen molar-refractivity contribution in [1.29, 1.82) is 5.41 Å². The summed E-state index contributed by atoms with van der Waals surface area (Å²) >= 11 is 6.32. The first-order valence-corrected chi connectivity index (χ1v) is 10.1. The van der Waals surface area contributed by atoms with Crippen LogP contribution in [0, 0.1) is 40.9 Å². The molecule has 0 saturated heterocycles. The van der Waals surface area contributed by atoms with Crippen LogP contribution in [-0.4, -0.2) is 5.17 Å². The molecule has 0 bridgehead atoms. The van der Waals surface area contributed by atoms with Gasteiger partial charge >= 0.3 is 0 Å². The predicted octanol–water partition coefficient (Wildman–Crippen LogP) is 7.13. The molecule has 0 spiro atoms. The first-order valence-electron chi connectivity index (χ1n) is 9.77. The fourth-order valence-electron chi connectivity index (χ4n) is 5.43. The molecule has 1 fully saturated rings. The molecule has 6 unspecified atom stereocenters. The molecule has 1 nitrogen and oxygen atoms in total. The van der Waals surface area contributed by atoms with Gasteiger partial charge < -0.3 is 0 Å². The van der Waals surface area contributed by atoms with Crippen molar-refractivity contribution in [1.82, 2.24) is 0 Å². The third-order valence-corrected chi connectivity index (χ3v) is 6.39. The zero-order valence-electron chi connectivity index (χ0n) is 15.5. The molecule has 0 aliphatic heterocycles. The van der Waals surface area contributed by atoms with E-state index in [1.807, 2.05) is 0 Å². The van der Waals surface area contributed by atoms with E-state index in [0.29, 0.717) is 22.9 Å². The summed E-state index contributed by atoms with van der Waals surface area (Å²) in [6.07, 6.45) is 10.3. The highest BCUT2D eigenvalue weighted by Gasteiger charge is 2.47. The second kappa shape index (κ2) is 9.96. The maximum atomic E-state index is 8.21. The number of nitrogens with one attached hydrogen (secondary N) is 1. The van der Waals surface area contributed by atoms with Gasteiger partial charge in [-0.1, -0.05) is 91.2 Å². The SMILES string of the molecule is CCCC1C(C)C(C(=N)Cl)C(CCC)C(CCC)C1CCC. The highest BCUT2D eigenvalue weighted by atomic mass is 35.5. The average Bonchev–Trinajstić information content (AvgIpc) is 2.47. The first-order chi connectivity index (χ1) is 10.5. The summed E-state index contributed by atoms with van der Waals surface area (Å²) in [6, 6.07) is 0. The molecule has 0 heterocycles. The Bertz CT molecular complexity index is 328. The van der Waals surface area contributed by atoms with Crippen molar-refractivity contribution in [3.63, 3.8) is 0 Å². The van der Waals surface area contributed by atoms with Gasteiger partial charge in [-0.25, -0.2) is 0 Å².